The van der Waals surface area contributed by atoms with Crippen molar-refractivity contribution in [2.75, 3.05) is 7.11 Å². The molecule has 0 fully saturated rings. The van der Waals surface area contributed by atoms with E-state index in [4.69, 9.17) is 15.2 Å². The van der Waals surface area contributed by atoms with Gasteiger partial charge in [-0.25, -0.2) is 4.98 Å². The molecule has 1 aromatic carbocycles. The molecule has 19 heavy (non-hydrogen) atoms. The average molecular weight is 276 g/mol. The van der Waals surface area contributed by atoms with Crippen LogP contribution in [0.1, 0.15) is 34.8 Å². The summed E-state index contributed by atoms with van der Waals surface area (Å²) in [6.45, 7) is 1.99. The Morgan fingerprint density at radius 3 is 3.00 bits per heavy atom. The third-order valence-corrected chi connectivity index (χ3v) is 4.32. The minimum absolute atomic E-state index is 0.0467. The molecule has 1 aliphatic heterocycles. The van der Waals surface area contributed by atoms with E-state index >= 15 is 0 Å². The lowest BCUT2D eigenvalue weighted by Crippen LogP contribution is -2.24. The van der Waals surface area contributed by atoms with Crippen molar-refractivity contribution in [1.29, 1.82) is 0 Å². The molecule has 1 aliphatic rings. The smallest absolute Gasteiger partial charge is 0.152 e. The maximum atomic E-state index is 6.25. The molecular weight excluding hydrogens is 260 g/mol. The molecule has 2 aromatic rings. The molecule has 2 atom stereocenters. The van der Waals surface area contributed by atoms with Gasteiger partial charge in [-0.05, 0) is 25.1 Å². The summed E-state index contributed by atoms with van der Waals surface area (Å²) in [7, 11) is 1.65. The minimum Gasteiger partial charge on any atom is -0.497 e. The fourth-order valence-electron chi connectivity index (χ4n) is 2.28. The van der Waals surface area contributed by atoms with E-state index in [-0.39, 0.29) is 12.1 Å². The van der Waals surface area contributed by atoms with Crippen molar-refractivity contribution in [2.45, 2.75) is 25.5 Å². The van der Waals surface area contributed by atoms with Crippen LogP contribution in [0.5, 0.6) is 11.5 Å². The van der Waals surface area contributed by atoms with Gasteiger partial charge in [0.05, 0.1) is 7.11 Å². The third-order valence-electron chi connectivity index (χ3n) is 3.27. The number of hydrogen-bond donors (Lipinski definition) is 1. The van der Waals surface area contributed by atoms with Gasteiger partial charge in [-0.15, -0.1) is 11.3 Å². The van der Waals surface area contributed by atoms with Crippen LogP contribution in [0.25, 0.3) is 0 Å². The van der Waals surface area contributed by atoms with Crippen LogP contribution in [0.2, 0.25) is 0 Å². The minimum atomic E-state index is -0.0481. The molecule has 2 heterocycles. The van der Waals surface area contributed by atoms with Gasteiger partial charge in [-0.1, -0.05) is 0 Å². The van der Waals surface area contributed by atoms with E-state index in [9.17, 15) is 0 Å². The first-order valence-corrected chi connectivity index (χ1v) is 7.07. The summed E-state index contributed by atoms with van der Waals surface area (Å²) in [6, 6.07) is 5.71. The molecule has 0 saturated heterocycles. The Bertz CT molecular complexity index is 597. The van der Waals surface area contributed by atoms with Crippen LogP contribution in [-0.4, -0.2) is 12.1 Å². The molecule has 0 radical (unpaired) electrons. The van der Waals surface area contributed by atoms with Crippen molar-refractivity contribution in [3.8, 4) is 11.5 Å². The van der Waals surface area contributed by atoms with Gasteiger partial charge in [0, 0.05) is 29.1 Å². The highest BCUT2D eigenvalue weighted by molar-refractivity contribution is 7.09. The summed E-state index contributed by atoms with van der Waals surface area (Å²) in [5.74, 6) is 1.64. The van der Waals surface area contributed by atoms with E-state index in [1.165, 1.54) is 0 Å². The lowest BCUT2D eigenvalue weighted by atomic mass is 9.97. The van der Waals surface area contributed by atoms with E-state index in [0.717, 1.165) is 34.2 Å². The second-order valence-corrected chi connectivity index (χ2v) is 5.57. The molecule has 0 spiro atoms. The Morgan fingerprint density at radius 2 is 2.32 bits per heavy atom. The van der Waals surface area contributed by atoms with Crippen molar-refractivity contribution in [1.82, 2.24) is 4.98 Å². The zero-order valence-corrected chi connectivity index (χ0v) is 11.7. The summed E-state index contributed by atoms with van der Waals surface area (Å²) in [5, 5.41) is 3.03. The maximum Gasteiger partial charge on any atom is 0.152 e. The van der Waals surface area contributed by atoms with Crippen LogP contribution >= 0.6 is 11.3 Å². The second kappa shape index (κ2) is 4.83. The lowest BCUT2D eigenvalue weighted by Gasteiger charge is -2.29. The molecule has 100 valence electrons. The van der Waals surface area contributed by atoms with Crippen LogP contribution in [0.15, 0.2) is 23.6 Å². The van der Waals surface area contributed by atoms with Gasteiger partial charge >= 0.3 is 0 Å². The maximum absolute atomic E-state index is 6.25. The third kappa shape index (κ3) is 2.31. The van der Waals surface area contributed by atoms with Crippen molar-refractivity contribution in [3.05, 3.63) is 39.8 Å². The largest absolute Gasteiger partial charge is 0.497 e. The zero-order chi connectivity index (χ0) is 13.4. The highest BCUT2D eigenvalue weighted by atomic mass is 32.1. The summed E-state index contributed by atoms with van der Waals surface area (Å²) in [5.41, 5.74) is 8.28. The lowest BCUT2D eigenvalue weighted by molar-refractivity contribution is 0.160. The van der Waals surface area contributed by atoms with Crippen LogP contribution in [-0.2, 0) is 0 Å². The number of nitrogens with zero attached hydrogens (tertiary/aromatic N) is 1. The second-order valence-electron chi connectivity index (χ2n) is 4.68. The van der Waals surface area contributed by atoms with Crippen molar-refractivity contribution in [3.63, 3.8) is 0 Å². The molecule has 1 unspecified atom stereocenters. The van der Waals surface area contributed by atoms with Gasteiger partial charge in [0.25, 0.3) is 0 Å². The highest BCUT2D eigenvalue weighted by Gasteiger charge is 2.29. The number of ether oxygens (including phenoxy) is 2. The monoisotopic (exact) mass is 276 g/mol. The highest BCUT2D eigenvalue weighted by Crippen LogP contribution is 2.41. The van der Waals surface area contributed by atoms with Gasteiger partial charge in [0.15, 0.2) is 6.10 Å². The summed E-state index contributed by atoms with van der Waals surface area (Å²) in [4.78, 5) is 4.49. The van der Waals surface area contributed by atoms with Crippen molar-refractivity contribution >= 4 is 11.3 Å². The summed E-state index contributed by atoms with van der Waals surface area (Å²) in [6.07, 6.45) is 0.697. The van der Waals surface area contributed by atoms with Crippen LogP contribution in [0.4, 0.5) is 0 Å². The van der Waals surface area contributed by atoms with Gasteiger partial charge in [-0.2, -0.15) is 0 Å². The normalized spacial score (nSPS) is 21.6. The molecule has 3 rings (SSSR count). The van der Waals surface area contributed by atoms with E-state index in [2.05, 4.69) is 4.98 Å². The Hall–Kier alpha value is -1.59. The van der Waals surface area contributed by atoms with E-state index in [1.807, 2.05) is 30.5 Å². The quantitative estimate of drug-likeness (QED) is 0.916. The molecule has 4 nitrogen and oxygen atoms in total. The molecule has 0 amide bonds. The number of nitrogens with two attached hydrogens (primary N) is 1. The molecule has 1 aromatic heterocycles. The fourth-order valence-corrected chi connectivity index (χ4v) is 3.12. The summed E-state index contributed by atoms with van der Waals surface area (Å²) < 4.78 is 11.2. The Balaban J connectivity index is 1.92. The number of methoxy groups -OCH3 is 1. The predicted molar refractivity (Wildman–Crippen MR) is 74.8 cm³/mol. The molecular formula is C14H16N2O2S. The number of fused-ring (bicyclic) bond motifs is 1. The SMILES string of the molecule is COc1ccc2c(c1)[C@@H](N)CC(c1nc(C)cs1)O2. The number of aromatic nitrogens is 1. The molecule has 2 N–H and O–H groups in total. The Morgan fingerprint density at radius 1 is 1.47 bits per heavy atom. The first kappa shape index (κ1) is 12.4. The van der Waals surface area contributed by atoms with Crippen molar-refractivity contribution < 1.29 is 9.47 Å². The van der Waals surface area contributed by atoms with E-state index in [0.29, 0.717) is 0 Å². The fraction of sp³-hybridized carbons (Fsp3) is 0.357. The summed E-state index contributed by atoms with van der Waals surface area (Å²) >= 11 is 1.62. The average Bonchev–Trinajstić information content (AvgIpc) is 2.85. The number of benzene rings is 1. The molecule has 0 aliphatic carbocycles. The molecule has 0 saturated carbocycles. The van der Waals surface area contributed by atoms with Crippen LogP contribution in [0.3, 0.4) is 0 Å². The Kier molecular flexibility index (Phi) is 3.16. The number of rotatable bonds is 2. The Labute approximate surface area is 116 Å². The predicted octanol–water partition coefficient (Wildman–Crippen LogP) is 2.98. The van der Waals surface area contributed by atoms with E-state index in [1.54, 1.807) is 18.4 Å². The molecule has 5 heteroatoms. The first-order chi connectivity index (χ1) is 9.17. The van der Waals surface area contributed by atoms with Crippen LogP contribution < -0.4 is 15.2 Å². The number of aryl methyl sites for hydroxylation is 1. The van der Waals surface area contributed by atoms with Crippen LogP contribution in [0, 0.1) is 6.92 Å². The topological polar surface area (TPSA) is 57.4 Å². The van der Waals surface area contributed by atoms with Gasteiger partial charge in [-0.3, -0.25) is 0 Å². The van der Waals surface area contributed by atoms with Gasteiger partial charge in [0.2, 0.25) is 0 Å². The van der Waals surface area contributed by atoms with E-state index < -0.39 is 0 Å². The number of hydrogen-bond acceptors (Lipinski definition) is 5. The standard InChI is InChI=1S/C14H16N2O2S/c1-8-7-19-14(16-8)13-6-11(15)10-5-9(17-2)3-4-12(10)18-13/h3-5,7,11,13H,6,15H2,1-2H3/t11-,13?/m0/s1. The van der Waals surface area contributed by atoms with Gasteiger partial charge < -0.3 is 15.2 Å². The van der Waals surface area contributed by atoms with Gasteiger partial charge in [0.1, 0.15) is 16.5 Å². The van der Waals surface area contributed by atoms with Crippen molar-refractivity contribution in [2.24, 2.45) is 5.73 Å². The zero-order valence-electron chi connectivity index (χ0n) is 10.9. The molecule has 0 bridgehead atoms. The first-order valence-electron chi connectivity index (χ1n) is 6.19. The number of thiazole rings is 1.